The number of hydrogen-bond donors (Lipinski definition) is 0. The number of hydrogen-bond acceptors (Lipinski definition) is 5. The zero-order valence-corrected chi connectivity index (χ0v) is 21.1. The van der Waals surface area contributed by atoms with Gasteiger partial charge in [0.15, 0.2) is 5.54 Å². The molecule has 4 heterocycles. The number of aryl methyl sites for hydroxylation is 1. The minimum Gasteiger partial charge on any atom is -0.378 e. The second-order valence-corrected chi connectivity index (χ2v) is 11.0. The molecule has 2 atom stereocenters. The molecule has 1 aromatic heterocycles. The Bertz CT molecular complexity index is 1420. The fourth-order valence-electron chi connectivity index (χ4n) is 6.04. The molecule has 2 aromatic carbocycles. The Kier molecular flexibility index (Phi) is 5.22. The summed E-state index contributed by atoms with van der Waals surface area (Å²) in [6, 6.07) is 14.7. The Morgan fingerprint density at radius 1 is 1.08 bits per heavy atom. The van der Waals surface area contributed by atoms with Gasteiger partial charge in [0.1, 0.15) is 5.84 Å². The third-order valence-corrected chi connectivity index (χ3v) is 8.41. The summed E-state index contributed by atoms with van der Waals surface area (Å²) in [6.45, 7) is 3.00. The van der Waals surface area contributed by atoms with Crippen molar-refractivity contribution in [2.75, 3.05) is 32.8 Å². The minimum atomic E-state index is -0.804. The maximum atomic E-state index is 13.7. The van der Waals surface area contributed by atoms with Gasteiger partial charge in [-0.25, -0.2) is 4.99 Å². The molecule has 3 aromatic rings. The third kappa shape index (κ3) is 3.85. The molecule has 3 fully saturated rings. The molecule has 8 heteroatoms. The van der Waals surface area contributed by atoms with E-state index >= 15 is 0 Å². The van der Waals surface area contributed by atoms with Gasteiger partial charge >= 0.3 is 0 Å². The number of nitrogens with zero attached hydrogens (tertiary/aromatic N) is 5. The molecule has 0 bridgehead atoms. The largest absolute Gasteiger partial charge is 0.378 e. The number of rotatable bonds is 5. The zero-order valence-electron chi connectivity index (χ0n) is 21.1. The summed E-state index contributed by atoms with van der Waals surface area (Å²) >= 11 is 0. The van der Waals surface area contributed by atoms with Gasteiger partial charge in [-0.3, -0.25) is 19.2 Å². The first-order chi connectivity index (χ1) is 18.0. The Hall–Kier alpha value is -3.52. The van der Waals surface area contributed by atoms with Crippen LogP contribution in [-0.2, 0) is 21.4 Å². The molecule has 2 saturated heterocycles. The molecule has 1 spiro atoms. The van der Waals surface area contributed by atoms with Gasteiger partial charge in [0.2, 0.25) is 5.91 Å². The summed E-state index contributed by atoms with van der Waals surface area (Å²) < 4.78 is 7.51. The van der Waals surface area contributed by atoms with Gasteiger partial charge < -0.3 is 9.64 Å². The van der Waals surface area contributed by atoms with Gasteiger partial charge in [-0.1, -0.05) is 30.3 Å². The van der Waals surface area contributed by atoms with Gasteiger partial charge in [-0.15, -0.1) is 0 Å². The first-order valence-electron chi connectivity index (χ1n) is 13.3. The predicted molar refractivity (Wildman–Crippen MR) is 140 cm³/mol. The average molecular weight is 498 g/mol. The summed E-state index contributed by atoms with van der Waals surface area (Å²) in [4.78, 5) is 35.1. The van der Waals surface area contributed by atoms with Gasteiger partial charge in [0.05, 0.1) is 18.3 Å². The smallest absolute Gasteiger partial charge is 0.258 e. The van der Waals surface area contributed by atoms with Gasteiger partial charge in [0, 0.05) is 56.6 Å². The molecule has 1 saturated carbocycles. The lowest BCUT2D eigenvalue weighted by molar-refractivity contribution is -0.131. The lowest BCUT2D eigenvalue weighted by Crippen LogP contribution is -2.45. The number of benzene rings is 2. The number of aromatic nitrogens is 2. The summed E-state index contributed by atoms with van der Waals surface area (Å²) in [6.07, 6.45) is 5.47. The van der Waals surface area contributed by atoms with E-state index in [2.05, 4.69) is 47.6 Å². The lowest BCUT2D eigenvalue weighted by atomic mass is 9.98. The summed E-state index contributed by atoms with van der Waals surface area (Å²) in [5.74, 6) is 1.57. The van der Waals surface area contributed by atoms with E-state index in [-0.39, 0.29) is 17.7 Å². The molecular formula is C29H31N5O3. The summed E-state index contributed by atoms with van der Waals surface area (Å²) in [5, 5.41) is 5.45. The van der Waals surface area contributed by atoms with E-state index in [1.54, 1.807) is 0 Å². The topological polar surface area (TPSA) is 80.0 Å². The van der Waals surface area contributed by atoms with E-state index < -0.39 is 5.54 Å². The number of carbonyl (C=O) groups is 2. The molecule has 1 unspecified atom stereocenters. The highest BCUT2D eigenvalue weighted by molar-refractivity contribution is 6.15. The molecule has 7 rings (SSSR count). The van der Waals surface area contributed by atoms with E-state index in [0.29, 0.717) is 32.1 Å². The number of likely N-dealkylation sites (tertiary alicyclic amines) is 1. The first-order valence-corrected chi connectivity index (χ1v) is 13.3. The van der Waals surface area contributed by atoms with Crippen LogP contribution in [-0.4, -0.2) is 75.6 Å². The molecule has 37 heavy (non-hydrogen) atoms. The fraction of sp³-hybridized carbons (Fsp3) is 0.448. The molecule has 1 aliphatic carbocycles. The van der Waals surface area contributed by atoms with Crippen LogP contribution >= 0.6 is 0 Å². The van der Waals surface area contributed by atoms with Crippen LogP contribution in [0.15, 0.2) is 53.7 Å². The van der Waals surface area contributed by atoms with Gasteiger partial charge in [-0.05, 0) is 48.4 Å². The van der Waals surface area contributed by atoms with Crippen molar-refractivity contribution >= 4 is 28.6 Å². The SMILES string of the molecule is Cn1ncc2cc(-c3ccc(C4=NC5(CCOC5)C(=O)N4C[C@@H]4CCN(C(=O)C5CC5)C4)cc3)ccc21. The standard InChI is InChI=1S/C29H31N5O3/c1-32-25-9-8-23(14-24(25)15-30-32)20-2-4-21(5-3-20)26-31-29(11-13-37-18-29)28(36)34(26)17-19-10-12-33(16-19)27(35)22-6-7-22/h2-5,8-9,14-15,19,22H,6-7,10-13,16-18H2,1H3/t19-,29?/m1/s1. The molecule has 190 valence electrons. The van der Waals surface area contributed by atoms with Crippen molar-refractivity contribution in [1.82, 2.24) is 19.6 Å². The van der Waals surface area contributed by atoms with E-state index in [1.807, 2.05) is 27.7 Å². The van der Waals surface area contributed by atoms with Crippen molar-refractivity contribution in [3.63, 3.8) is 0 Å². The molecule has 4 aliphatic rings. The molecule has 8 nitrogen and oxygen atoms in total. The first kappa shape index (κ1) is 22.7. The van der Waals surface area contributed by atoms with Crippen LogP contribution in [0.2, 0.25) is 0 Å². The van der Waals surface area contributed by atoms with E-state index in [0.717, 1.165) is 65.8 Å². The van der Waals surface area contributed by atoms with Crippen molar-refractivity contribution in [2.45, 2.75) is 31.2 Å². The monoisotopic (exact) mass is 497 g/mol. The second kappa shape index (κ2) is 8.52. The predicted octanol–water partition coefficient (Wildman–Crippen LogP) is 3.25. The normalized spacial score (nSPS) is 25.6. The average Bonchev–Trinajstić information content (AvgIpc) is 3.22. The number of amides is 2. The number of ether oxygens (including phenoxy) is 1. The number of fused-ring (bicyclic) bond motifs is 1. The Balaban J connectivity index is 1.15. The van der Waals surface area contributed by atoms with Crippen molar-refractivity contribution < 1.29 is 14.3 Å². The lowest BCUT2D eigenvalue weighted by Gasteiger charge is -2.25. The maximum Gasteiger partial charge on any atom is 0.258 e. The maximum absolute atomic E-state index is 13.7. The zero-order chi connectivity index (χ0) is 25.1. The Morgan fingerprint density at radius 3 is 2.62 bits per heavy atom. The van der Waals surface area contributed by atoms with Crippen LogP contribution in [0.5, 0.6) is 0 Å². The van der Waals surface area contributed by atoms with Crippen LogP contribution in [0, 0.1) is 11.8 Å². The molecular weight excluding hydrogens is 466 g/mol. The number of aliphatic imine (C=N–C) groups is 1. The highest BCUT2D eigenvalue weighted by Crippen LogP contribution is 2.36. The highest BCUT2D eigenvalue weighted by Gasteiger charge is 2.51. The Labute approximate surface area is 215 Å². The molecule has 0 radical (unpaired) electrons. The molecule has 2 amide bonds. The summed E-state index contributed by atoms with van der Waals surface area (Å²) in [7, 11) is 1.95. The highest BCUT2D eigenvalue weighted by atomic mass is 16.5. The fourth-order valence-corrected chi connectivity index (χ4v) is 6.04. The van der Waals surface area contributed by atoms with Gasteiger partial charge in [-0.2, -0.15) is 5.10 Å². The Morgan fingerprint density at radius 2 is 1.86 bits per heavy atom. The number of amidine groups is 1. The molecule has 3 aliphatic heterocycles. The van der Waals surface area contributed by atoms with Crippen molar-refractivity contribution in [2.24, 2.45) is 23.9 Å². The quantitative estimate of drug-likeness (QED) is 0.542. The van der Waals surface area contributed by atoms with Crippen molar-refractivity contribution in [1.29, 1.82) is 0 Å². The van der Waals surface area contributed by atoms with Crippen molar-refractivity contribution in [3.8, 4) is 11.1 Å². The van der Waals surface area contributed by atoms with Gasteiger partial charge in [0.25, 0.3) is 5.91 Å². The van der Waals surface area contributed by atoms with E-state index in [9.17, 15) is 9.59 Å². The van der Waals surface area contributed by atoms with Crippen LogP contribution in [0.4, 0.5) is 0 Å². The second-order valence-electron chi connectivity index (χ2n) is 11.0. The molecule has 0 N–H and O–H groups in total. The van der Waals surface area contributed by atoms with E-state index in [1.165, 1.54) is 0 Å². The van der Waals surface area contributed by atoms with Crippen LogP contribution in [0.3, 0.4) is 0 Å². The van der Waals surface area contributed by atoms with E-state index in [4.69, 9.17) is 9.73 Å². The van der Waals surface area contributed by atoms with Crippen LogP contribution in [0.25, 0.3) is 22.0 Å². The third-order valence-electron chi connectivity index (χ3n) is 8.41. The minimum absolute atomic E-state index is 0.0399. The summed E-state index contributed by atoms with van der Waals surface area (Å²) in [5.41, 5.74) is 3.47. The van der Waals surface area contributed by atoms with Crippen molar-refractivity contribution in [3.05, 3.63) is 54.2 Å². The van der Waals surface area contributed by atoms with Crippen LogP contribution in [0.1, 0.15) is 31.2 Å². The number of carbonyl (C=O) groups excluding carboxylic acids is 2. The van der Waals surface area contributed by atoms with Crippen LogP contribution < -0.4 is 0 Å².